The van der Waals surface area contributed by atoms with Crippen LogP contribution in [0.15, 0.2) is 60.7 Å². The number of para-hydroxylation sites is 2. The zero-order chi connectivity index (χ0) is 20.4. The number of hydrogen-bond acceptors (Lipinski definition) is 4. The number of rotatable bonds is 6. The molecule has 1 aliphatic carbocycles. The minimum absolute atomic E-state index is 0.301. The average molecular weight is 410 g/mol. The third-order valence-electron chi connectivity index (χ3n) is 4.72. The van der Waals surface area contributed by atoms with Crippen molar-refractivity contribution in [3.05, 3.63) is 77.1 Å². The third kappa shape index (κ3) is 4.32. The molecule has 1 N–H and O–H groups in total. The van der Waals surface area contributed by atoms with Gasteiger partial charge in [-0.3, -0.25) is 4.79 Å². The summed E-state index contributed by atoms with van der Waals surface area (Å²) in [5, 5.41) is 7.68. The molecule has 1 heterocycles. The topological polar surface area (TPSA) is 73.2 Å². The van der Waals surface area contributed by atoms with Crippen LogP contribution in [-0.4, -0.2) is 27.8 Å². The Kier molecular flexibility index (Phi) is 5.36. The highest BCUT2D eigenvalue weighted by molar-refractivity contribution is 6.33. The molecule has 1 fully saturated rings. The second kappa shape index (κ2) is 8.09. The van der Waals surface area contributed by atoms with E-state index in [4.69, 9.17) is 16.3 Å². The van der Waals surface area contributed by atoms with Crippen LogP contribution in [0.2, 0.25) is 5.02 Å². The van der Waals surface area contributed by atoms with E-state index in [1.807, 2.05) is 30.3 Å². The third-order valence-corrected chi connectivity index (χ3v) is 5.05. The van der Waals surface area contributed by atoms with Crippen LogP contribution in [0, 0.1) is 0 Å². The molecular formula is C22H20ClN3O3. The van der Waals surface area contributed by atoms with E-state index in [2.05, 4.69) is 10.4 Å². The Bertz CT molecular complexity index is 1040. The molecule has 1 amide bonds. The quantitative estimate of drug-likeness (QED) is 0.604. The monoisotopic (exact) mass is 409 g/mol. The van der Waals surface area contributed by atoms with Gasteiger partial charge in [-0.15, -0.1) is 0 Å². The molecule has 1 saturated carbocycles. The molecule has 3 aromatic rings. The first kappa shape index (κ1) is 19.2. The molecule has 7 heteroatoms. The van der Waals surface area contributed by atoms with Crippen molar-refractivity contribution in [1.29, 1.82) is 0 Å². The van der Waals surface area contributed by atoms with Crippen LogP contribution in [0.25, 0.3) is 5.69 Å². The van der Waals surface area contributed by atoms with E-state index < -0.39 is 18.0 Å². The Morgan fingerprint density at radius 1 is 1.14 bits per heavy atom. The summed E-state index contributed by atoms with van der Waals surface area (Å²) in [7, 11) is 0. The summed E-state index contributed by atoms with van der Waals surface area (Å²) < 4.78 is 7.01. The van der Waals surface area contributed by atoms with Crippen molar-refractivity contribution in [2.75, 3.05) is 5.32 Å². The zero-order valence-electron chi connectivity index (χ0n) is 15.8. The van der Waals surface area contributed by atoms with Crippen LogP contribution in [0.1, 0.15) is 41.9 Å². The molecule has 0 bridgehead atoms. The standard InChI is InChI=1S/C22H20ClN3O3/c1-14(21(27)24-18-10-6-5-9-17(18)23)29-22(28)20-13-19(15-11-12-15)25-26(20)16-7-3-2-4-8-16/h2-10,13-15H,11-12H2,1H3,(H,24,27)/t14-/m1/s1. The highest BCUT2D eigenvalue weighted by Gasteiger charge is 2.30. The second-order valence-corrected chi connectivity index (χ2v) is 7.40. The summed E-state index contributed by atoms with van der Waals surface area (Å²) in [6, 6.07) is 18.0. The molecule has 6 nitrogen and oxygen atoms in total. The Balaban J connectivity index is 1.52. The lowest BCUT2D eigenvalue weighted by Crippen LogP contribution is -2.30. The van der Waals surface area contributed by atoms with Gasteiger partial charge in [-0.25, -0.2) is 9.48 Å². The van der Waals surface area contributed by atoms with Gasteiger partial charge in [0.2, 0.25) is 0 Å². The van der Waals surface area contributed by atoms with Crippen molar-refractivity contribution < 1.29 is 14.3 Å². The molecule has 0 radical (unpaired) electrons. The Morgan fingerprint density at radius 2 is 1.83 bits per heavy atom. The number of nitrogens with zero attached hydrogens (tertiary/aromatic N) is 2. The number of anilines is 1. The highest BCUT2D eigenvalue weighted by atomic mass is 35.5. The lowest BCUT2D eigenvalue weighted by atomic mass is 10.2. The number of esters is 1. The van der Waals surface area contributed by atoms with Gasteiger partial charge in [-0.2, -0.15) is 5.10 Å². The number of hydrogen-bond donors (Lipinski definition) is 1. The maximum atomic E-state index is 12.8. The molecule has 0 saturated heterocycles. The number of carbonyl (C=O) groups is 2. The maximum Gasteiger partial charge on any atom is 0.357 e. The van der Waals surface area contributed by atoms with E-state index in [0.717, 1.165) is 24.2 Å². The number of aromatic nitrogens is 2. The van der Waals surface area contributed by atoms with E-state index in [9.17, 15) is 9.59 Å². The smallest absolute Gasteiger partial charge is 0.357 e. The zero-order valence-corrected chi connectivity index (χ0v) is 16.6. The molecule has 1 aromatic heterocycles. The van der Waals surface area contributed by atoms with Crippen LogP contribution < -0.4 is 5.32 Å². The van der Waals surface area contributed by atoms with Crippen molar-refractivity contribution in [1.82, 2.24) is 9.78 Å². The van der Waals surface area contributed by atoms with Crippen molar-refractivity contribution in [3.63, 3.8) is 0 Å². The summed E-state index contributed by atoms with van der Waals surface area (Å²) in [4.78, 5) is 25.3. The summed E-state index contributed by atoms with van der Waals surface area (Å²) in [6.45, 7) is 1.52. The van der Waals surface area contributed by atoms with Crippen molar-refractivity contribution in [3.8, 4) is 5.69 Å². The van der Waals surface area contributed by atoms with Crippen LogP contribution in [0.4, 0.5) is 5.69 Å². The fraction of sp³-hybridized carbons (Fsp3) is 0.227. The van der Waals surface area contributed by atoms with E-state index in [1.54, 1.807) is 35.0 Å². The molecule has 4 rings (SSSR count). The number of nitrogens with one attached hydrogen (secondary N) is 1. The molecule has 1 aliphatic rings. The van der Waals surface area contributed by atoms with E-state index in [1.165, 1.54) is 6.92 Å². The SMILES string of the molecule is C[C@@H](OC(=O)c1cc(C2CC2)nn1-c1ccccc1)C(=O)Nc1ccccc1Cl. The highest BCUT2D eigenvalue weighted by Crippen LogP contribution is 2.39. The Morgan fingerprint density at radius 3 is 2.52 bits per heavy atom. The number of halogens is 1. The summed E-state index contributed by atoms with van der Waals surface area (Å²) in [6.07, 6.45) is 1.13. The van der Waals surface area contributed by atoms with Gasteiger partial charge in [-0.05, 0) is 50.1 Å². The van der Waals surface area contributed by atoms with Crippen LogP contribution in [0.3, 0.4) is 0 Å². The van der Waals surface area contributed by atoms with Gasteiger partial charge in [0.05, 0.1) is 22.1 Å². The van der Waals surface area contributed by atoms with Crippen molar-refractivity contribution in [2.45, 2.75) is 31.8 Å². The molecule has 2 aromatic carbocycles. The lowest BCUT2D eigenvalue weighted by molar-refractivity contribution is -0.123. The van der Waals surface area contributed by atoms with Crippen molar-refractivity contribution >= 4 is 29.2 Å². The molecular weight excluding hydrogens is 390 g/mol. The molecule has 148 valence electrons. The number of benzene rings is 2. The summed E-state index contributed by atoms with van der Waals surface area (Å²) >= 11 is 6.07. The molecule has 1 atom stereocenters. The molecule has 0 spiro atoms. The largest absolute Gasteiger partial charge is 0.448 e. The van der Waals surface area contributed by atoms with Gasteiger partial charge in [-0.1, -0.05) is 41.9 Å². The molecule has 29 heavy (non-hydrogen) atoms. The first-order chi connectivity index (χ1) is 14.0. The van der Waals surface area contributed by atoms with E-state index >= 15 is 0 Å². The minimum Gasteiger partial charge on any atom is -0.448 e. The van der Waals surface area contributed by atoms with Crippen molar-refractivity contribution in [2.24, 2.45) is 0 Å². The molecule has 0 unspecified atom stereocenters. The van der Waals surface area contributed by atoms with Crippen LogP contribution >= 0.6 is 11.6 Å². The molecule has 0 aliphatic heterocycles. The summed E-state index contributed by atoms with van der Waals surface area (Å²) in [5.41, 5.74) is 2.40. The number of amides is 1. The predicted octanol–water partition coefficient (Wildman–Crippen LogP) is 4.59. The van der Waals surface area contributed by atoms with Gasteiger partial charge in [0, 0.05) is 5.92 Å². The first-order valence-electron chi connectivity index (χ1n) is 9.44. The second-order valence-electron chi connectivity index (χ2n) is 6.99. The maximum absolute atomic E-state index is 12.8. The van der Waals surface area contributed by atoms with E-state index in [0.29, 0.717) is 22.3 Å². The Hall–Kier alpha value is -3.12. The van der Waals surface area contributed by atoms with Gasteiger partial charge in [0.1, 0.15) is 0 Å². The average Bonchev–Trinajstić information content (AvgIpc) is 3.48. The minimum atomic E-state index is -0.998. The van der Waals surface area contributed by atoms with Gasteiger partial charge < -0.3 is 10.1 Å². The fourth-order valence-electron chi connectivity index (χ4n) is 2.96. The normalized spacial score (nSPS) is 14.3. The first-order valence-corrected chi connectivity index (χ1v) is 9.82. The lowest BCUT2D eigenvalue weighted by Gasteiger charge is -2.14. The van der Waals surface area contributed by atoms with E-state index in [-0.39, 0.29) is 0 Å². The van der Waals surface area contributed by atoms with Gasteiger partial charge in [0.15, 0.2) is 11.8 Å². The number of carbonyl (C=O) groups excluding carboxylic acids is 2. The van der Waals surface area contributed by atoms with Crippen LogP contribution in [0.5, 0.6) is 0 Å². The fourth-order valence-corrected chi connectivity index (χ4v) is 3.14. The Labute approximate surface area is 173 Å². The number of ether oxygens (including phenoxy) is 1. The van der Waals surface area contributed by atoms with Gasteiger partial charge in [0.25, 0.3) is 5.91 Å². The summed E-state index contributed by atoms with van der Waals surface area (Å²) in [5.74, 6) is -0.679. The predicted molar refractivity (Wildman–Crippen MR) is 110 cm³/mol. The van der Waals surface area contributed by atoms with Gasteiger partial charge >= 0.3 is 5.97 Å². The van der Waals surface area contributed by atoms with Crippen LogP contribution in [-0.2, 0) is 9.53 Å².